The van der Waals surface area contributed by atoms with E-state index < -0.39 is 11.9 Å². The number of hydrogen-bond acceptors (Lipinski definition) is 4. The van der Waals surface area contributed by atoms with Crippen LogP contribution >= 0.6 is 0 Å². The highest BCUT2D eigenvalue weighted by atomic mass is 19.4. The third kappa shape index (κ3) is 5.03. The fourth-order valence-corrected chi connectivity index (χ4v) is 4.28. The summed E-state index contributed by atoms with van der Waals surface area (Å²) in [6, 6.07) is 5.71. The molecule has 0 aliphatic heterocycles. The lowest BCUT2D eigenvalue weighted by molar-refractivity contribution is -0.141. The minimum atomic E-state index is -4.62. The highest BCUT2D eigenvalue weighted by Gasteiger charge is 2.38. The van der Waals surface area contributed by atoms with E-state index >= 15 is 0 Å². The summed E-state index contributed by atoms with van der Waals surface area (Å²) in [5.41, 5.74) is 2.97. The van der Waals surface area contributed by atoms with Crippen LogP contribution in [0.1, 0.15) is 66.0 Å². The molecule has 0 saturated heterocycles. The minimum absolute atomic E-state index is 0.0523. The number of fused-ring (bicyclic) bond motifs is 1. The van der Waals surface area contributed by atoms with Crippen LogP contribution in [0.4, 0.5) is 13.2 Å². The number of nitrogens with zero attached hydrogens (tertiary/aromatic N) is 5. The molecule has 3 heterocycles. The van der Waals surface area contributed by atoms with Gasteiger partial charge in [-0.3, -0.25) is 18.9 Å². The maximum atomic E-state index is 13.8. The van der Waals surface area contributed by atoms with Crippen LogP contribution in [-0.2, 0) is 25.6 Å². The van der Waals surface area contributed by atoms with E-state index in [1.165, 1.54) is 17.1 Å². The van der Waals surface area contributed by atoms with Crippen molar-refractivity contribution in [1.29, 1.82) is 0 Å². The van der Waals surface area contributed by atoms with Crippen LogP contribution in [0.2, 0.25) is 0 Å². The third-order valence-electron chi connectivity index (χ3n) is 6.06. The molecule has 186 valence electrons. The molecule has 9 heteroatoms. The van der Waals surface area contributed by atoms with Crippen LogP contribution in [-0.4, -0.2) is 29.9 Å². The highest BCUT2D eigenvalue weighted by Crippen LogP contribution is 2.36. The molecular formula is C27H26F3N5O. The molecule has 0 amide bonds. The largest absolute Gasteiger partial charge is 0.435 e. The standard InChI is InChI=1S/C27H26F3N5O/c1-4-7-8-12-34-17-21(25(33-34)27(28,29)30)23-16-32-26-22(31-11-13-35(23)26)15-18-9-10-20(24(36)6-3)19(5-2)14-18/h1,9-11,13-14,16-17H,5-8,12,15H2,2-3H3. The topological polar surface area (TPSA) is 65.1 Å². The van der Waals surface area contributed by atoms with Gasteiger partial charge in [-0.25, -0.2) is 4.98 Å². The summed E-state index contributed by atoms with van der Waals surface area (Å²) in [6.45, 7) is 4.12. The maximum absolute atomic E-state index is 13.8. The number of unbranched alkanes of at least 4 members (excludes halogenated alkanes) is 1. The van der Waals surface area contributed by atoms with E-state index in [-0.39, 0.29) is 23.6 Å². The molecule has 0 aliphatic rings. The van der Waals surface area contributed by atoms with E-state index in [1.54, 1.807) is 16.8 Å². The van der Waals surface area contributed by atoms with Crippen molar-refractivity contribution in [3.8, 4) is 23.6 Å². The normalized spacial score (nSPS) is 11.7. The lowest BCUT2D eigenvalue weighted by Crippen LogP contribution is -2.09. The van der Waals surface area contributed by atoms with Gasteiger partial charge >= 0.3 is 6.18 Å². The summed E-state index contributed by atoms with van der Waals surface area (Å²) in [6.07, 6.45) is 9.13. The van der Waals surface area contributed by atoms with Crippen molar-refractivity contribution in [3.05, 3.63) is 71.1 Å². The number of terminal acetylenes is 1. The number of aromatic nitrogens is 5. The molecular weight excluding hydrogens is 467 g/mol. The van der Waals surface area contributed by atoms with E-state index in [9.17, 15) is 18.0 Å². The number of benzene rings is 1. The number of alkyl halides is 3. The second kappa shape index (κ2) is 10.4. The van der Waals surface area contributed by atoms with Gasteiger partial charge in [0.2, 0.25) is 0 Å². The van der Waals surface area contributed by atoms with Crippen molar-refractivity contribution in [2.45, 2.75) is 58.7 Å². The van der Waals surface area contributed by atoms with Gasteiger partial charge in [-0.05, 0) is 24.0 Å². The van der Waals surface area contributed by atoms with Crippen molar-refractivity contribution in [2.75, 3.05) is 0 Å². The molecule has 0 saturated carbocycles. The van der Waals surface area contributed by atoms with Gasteiger partial charge in [0.05, 0.1) is 23.1 Å². The van der Waals surface area contributed by atoms with E-state index in [1.807, 2.05) is 32.0 Å². The molecule has 0 radical (unpaired) electrons. The predicted molar refractivity (Wildman–Crippen MR) is 131 cm³/mol. The number of imidazole rings is 1. The van der Waals surface area contributed by atoms with Crippen LogP contribution in [0.15, 0.2) is 43.0 Å². The van der Waals surface area contributed by atoms with Crippen molar-refractivity contribution in [3.63, 3.8) is 0 Å². The lowest BCUT2D eigenvalue weighted by atomic mass is 9.96. The zero-order valence-electron chi connectivity index (χ0n) is 20.1. The number of carbonyl (C=O) groups is 1. The molecule has 4 rings (SSSR count). The van der Waals surface area contributed by atoms with Crippen LogP contribution in [0, 0.1) is 12.3 Å². The summed E-state index contributed by atoms with van der Waals surface area (Å²) < 4.78 is 44.4. The molecule has 3 aromatic heterocycles. The SMILES string of the molecule is C#CCCCn1cc(-c2cnc3c(Cc4ccc(C(=O)CC)c(CC)c4)nccn23)c(C(F)(F)F)n1. The van der Waals surface area contributed by atoms with Crippen LogP contribution in [0.5, 0.6) is 0 Å². The van der Waals surface area contributed by atoms with Gasteiger partial charge in [0.25, 0.3) is 0 Å². The van der Waals surface area contributed by atoms with Gasteiger partial charge < -0.3 is 0 Å². The Morgan fingerprint density at radius 2 is 2.00 bits per heavy atom. The molecule has 0 bridgehead atoms. The summed E-state index contributed by atoms with van der Waals surface area (Å²) in [7, 11) is 0. The first-order chi connectivity index (χ1) is 17.3. The Labute approximate surface area is 207 Å². The van der Waals surface area contributed by atoms with Gasteiger partial charge in [0.15, 0.2) is 17.1 Å². The van der Waals surface area contributed by atoms with Gasteiger partial charge in [-0.2, -0.15) is 18.3 Å². The number of hydrogen-bond donors (Lipinski definition) is 0. The Hall–Kier alpha value is -3.93. The first-order valence-corrected chi connectivity index (χ1v) is 11.8. The fraction of sp³-hybridized carbons (Fsp3) is 0.333. The summed E-state index contributed by atoms with van der Waals surface area (Å²) in [4.78, 5) is 21.1. The Balaban J connectivity index is 1.72. The Morgan fingerprint density at radius 3 is 2.69 bits per heavy atom. The number of Topliss-reactive ketones (excluding diaryl/α,β-unsaturated/α-hetero) is 1. The maximum Gasteiger partial charge on any atom is 0.435 e. The number of rotatable bonds is 9. The quantitative estimate of drug-likeness (QED) is 0.169. The average molecular weight is 494 g/mol. The smallest absolute Gasteiger partial charge is 0.296 e. The zero-order valence-corrected chi connectivity index (χ0v) is 20.1. The van der Waals surface area contributed by atoms with Gasteiger partial charge in [0.1, 0.15) is 0 Å². The molecule has 1 aromatic carbocycles. The molecule has 0 aliphatic carbocycles. The summed E-state index contributed by atoms with van der Waals surface area (Å²) in [5, 5.41) is 3.79. The predicted octanol–water partition coefficient (Wildman–Crippen LogP) is 5.77. The minimum Gasteiger partial charge on any atom is -0.296 e. The highest BCUT2D eigenvalue weighted by molar-refractivity contribution is 5.97. The number of ketones is 1. The van der Waals surface area contributed by atoms with Gasteiger partial charge in [0, 0.05) is 50.0 Å². The van der Waals surface area contributed by atoms with E-state index in [2.05, 4.69) is 21.0 Å². The first-order valence-electron chi connectivity index (χ1n) is 11.8. The summed E-state index contributed by atoms with van der Waals surface area (Å²) in [5.74, 6) is 2.58. The van der Waals surface area contributed by atoms with Gasteiger partial charge in [-0.1, -0.05) is 32.0 Å². The second-order valence-electron chi connectivity index (χ2n) is 8.47. The first kappa shape index (κ1) is 25.2. The molecule has 36 heavy (non-hydrogen) atoms. The molecule has 0 spiro atoms. The summed E-state index contributed by atoms with van der Waals surface area (Å²) >= 11 is 0. The molecule has 0 unspecified atom stereocenters. The number of halogens is 3. The number of aryl methyl sites for hydroxylation is 2. The van der Waals surface area contributed by atoms with E-state index in [0.29, 0.717) is 43.4 Å². The second-order valence-corrected chi connectivity index (χ2v) is 8.47. The molecule has 6 nitrogen and oxygen atoms in total. The van der Waals surface area contributed by atoms with E-state index in [4.69, 9.17) is 6.42 Å². The van der Waals surface area contributed by atoms with Crippen molar-refractivity contribution in [2.24, 2.45) is 0 Å². The molecule has 0 fully saturated rings. The average Bonchev–Trinajstić information content (AvgIpc) is 3.48. The third-order valence-corrected chi connectivity index (χ3v) is 6.06. The Kier molecular flexibility index (Phi) is 7.25. The van der Waals surface area contributed by atoms with Crippen LogP contribution in [0.3, 0.4) is 0 Å². The van der Waals surface area contributed by atoms with Crippen LogP contribution in [0.25, 0.3) is 16.9 Å². The number of carbonyl (C=O) groups excluding carboxylic acids is 1. The van der Waals surface area contributed by atoms with Crippen molar-refractivity contribution < 1.29 is 18.0 Å². The Bertz CT molecular complexity index is 1440. The Morgan fingerprint density at radius 1 is 1.19 bits per heavy atom. The molecule has 4 aromatic rings. The van der Waals surface area contributed by atoms with Crippen molar-refractivity contribution >= 4 is 11.4 Å². The monoisotopic (exact) mass is 493 g/mol. The molecule has 0 N–H and O–H groups in total. The van der Waals surface area contributed by atoms with E-state index in [0.717, 1.165) is 16.7 Å². The zero-order chi connectivity index (χ0) is 25.9. The fourth-order valence-electron chi connectivity index (χ4n) is 4.28. The molecule has 0 atom stereocenters. The van der Waals surface area contributed by atoms with Crippen LogP contribution < -0.4 is 0 Å². The van der Waals surface area contributed by atoms with Crippen molar-refractivity contribution in [1.82, 2.24) is 24.1 Å². The lowest BCUT2D eigenvalue weighted by Gasteiger charge is -2.10. The van der Waals surface area contributed by atoms with Gasteiger partial charge in [-0.15, -0.1) is 12.3 Å².